The Morgan fingerprint density at radius 1 is 1.50 bits per heavy atom. The maximum absolute atomic E-state index is 11.8. The zero-order chi connectivity index (χ0) is 13.1. The van der Waals surface area contributed by atoms with Gasteiger partial charge in [-0.2, -0.15) is 10.2 Å². The van der Waals surface area contributed by atoms with E-state index < -0.39 is 6.04 Å². The van der Waals surface area contributed by atoms with E-state index >= 15 is 0 Å². The SMILES string of the molecule is Cn1cc(C(N)C(=O)NCc2ncn(C)n2)cn1. The van der Waals surface area contributed by atoms with Crippen LogP contribution >= 0.6 is 0 Å². The highest BCUT2D eigenvalue weighted by molar-refractivity contribution is 5.82. The zero-order valence-electron chi connectivity index (χ0n) is 10.2. The molecule has 0 fully saturated rings. The third-order valence-electron chi connectivity index (χ3n) is 2.43. The number of aryl methyl sites for hydroxylation is 2. The molecule has 0 aliphatic carbocycles. The lowest BCUT2D eigenvalue weighted by Gasteiger charge is -2.08. The van der Waals surface area contributed by atoms with Crippen molar-refractivity contribution in [3.05, 3.63) is 30.1 Å². The number of carbonyl (C=O) groups is 1. The topological polar surface area (TPSA) is 104 Å². The third-order valence-corrected chi connectivity index (χ3v) is 2.43. The van der Waals surface area contributed by atoms with Crippen LogP contribution in [-0.4, -0.2) is 30.5 Å². The van der Waals surface area contributed by atoms with Gasteiger partial charge in [-0.15, -0.1) is 0 Å². The highest BCUT2D eigenvalue weighted by Gasteiger charge is 2.17. The number of nitrogens with one attached hydrogen (secondary N) is 1. The van der Waals surface area contributed by atoms with Gasteiger partial charge in [0.15, 0.2) is 5.82 Å². The number of aromatic nitrogens is 5. The van der Waals surface area contributed by atoms with Gasteiger partial charge in [-0.25, -0.2) is 4.98 Å². The molecule has 0 saturated carbocycles. The van der Waals surface area contributed by atoms with E-state index in [1.807, 2.05) is 0 Å². The first kappa shape index (κ1) is 12.2. The lowest BCUT2D eigenvalue weighted by atomic mass is 10.1. The number of hydrogen-bond donors (Lipinski definition) is 2. The number of rotatable bonds is 4. The van der Waals surface area contributed by atoms with Gasteiger partial charge in [-0.05, 0) is 0 Å². The molecule has 8 heteroatoms. The van der Waals surface area contributed by atoms with Crippen molar-refractivity contribution in [3.63, 3.8) is 0 Å². The summed E-state index contributed by atoms with van der Waals surface area (Å²) >= 11 is 0. The molecule has 96 valence electrons. The molecule has 18 heavy (non-hydrogen) atoms. The van der Waals surface area contributed by atoms with E-state index in [0.29, 0.717) is 11.4 Å². The smallest absolute Gasteiger partial charge is 0.242 e. The Morgan fingerprint density at radius 2 is 2.28 bits per heavy atom. The van der Waals surface area contributed by atoms with Gasteiger partial charge >= 0.3 is 0 Å². The van der Waals surface area contributed by atoms with Gasteiger partial charge in [0.2, 0.25) is 5.91 Å². The minimum atomic E-state index is -0.734. The molecule has 0 aliphatic heterocycles. The zero-order valence-corrected chi connectivity index (χ0v) is 10.2. The molecule has 1 unspecified atom stereocenters. The molecule has 2 aromatic rings. The van der Waals surface area contributed by atoms with E-state index in [-0.39, 0.29) is 12.5 Å². The fourth-order valence-corrected chi connectivity index (χ4v) is 1.49. The Hall–Kier alpha value is -2.22. The Kier molecular flexibility index (Phi) is 3.38. The maximum atomic E-state index is 11.8. The molecule has 0 saturated heterocycles. The second kappa shape index (κ2) is 4.96. The summed E-state index contributed by atoms with van der Waals surface area (Å²) < 4.78 is 3.17. The molecule has 2 heterocycles. The lowest BCUT2D eigenvalue weighted by Crippen LogP contribution is -2.33. The van der Waals surface area contributed by atoms with E-state index in [1.165, 1.54) is 0 Å². The second-order valence-electron chi connectivity index (χ2n) is 3.98. The van der Waals surface area contributed by atoms with Crippen molar-refractivity contribution in [2.45, 2.75) is 12.6 Å². The van der Waals surface area contributed by atoms with Crippen molar-refractivity contribution in [1.29, 1.82) is 0 Å². The summed E-state index contributed by atoms with van der Waals surface area (Å²) in [6.07, 6.45) is 4.86. The van der Waals surface area contributed by atoms with E-state index in [1.54, 1.807) is 42.2 Å². The molecular formula is C10H15N7O. The first-order valence-electron chi connectivity index (χ1n) is 5.42. The molecule has 0 bridgehead atoms. The minimum absolute atomic E-state index is 0.258. The van der Waals surface area contributed by atoms with Crippen LogP contribution in [0, 0.1) is 0 Å². The summed E-state index contributed by atoms with van der Waals surface area (Å²) in [6, 6.07) is -0.734. The first-order chi connectivity index (χ1) is 8.56. The molecule has 8 nitrogen and oxygen atoms in total. The Balaban J connectivity index is 1.92. The average molecular weight is 249 g/mol. The van der Waals surface area contributed by atoms with Crippen molar-refractivity contribution >= 4 is 5.91 Å². The predicted molar refractivity (Wildman–Crippen MR) is 63.0 cm³/mol. The van der Waals surface area contributed by atoms with Crippen LogP contribution in [0.1, 0.15) is 17.4 Å². The Labute approximate surface area is 104 Å². The quantitative estimate of drug-likeness (QED) is 0.713. The lowest BCUT2D eigenvalue weighted by molar-refractivity contribution is -0.122. The average Bonchev–Trinajstić information content (AvgIpc) is 2.94. The van der Waals surface area contributed by atoms with Gasteiger partial charge in [0.05, 0.1) is 12.7 Å². The van der Waals surface area contributed by atoms with Gasteiger partial charge < -0.3 is 11.1 Å². The number of nitrogens with zero attached hydrogens (tertiary/aromatic N) is 5. The molecular weight excluding hydrogens is 234 g/mol. The van der Waals surface area contributed by atoms with Crippen molar-refractivity contribution in [1.82, 2.24) is 29.9 Å². The molecule has 2 rings (SSSR count). The van der Waals surface area contributed by atoms with E-state index in [4.69, 9.17) is 5.73 Å². The van der Waals surface area contributed by atoms with E-state index in [9.17, 15) is 4.79 Å². The summed E-state index contributed by atoms with van der Waals surface area (Å²) in [6.45, 7) is 0.258. The molecule has 0 aliphatic rings. The molecule has 0 aromatic carbocycles. The molecule has 0 radical (unpaired) electrons. The normalized spacial score (nSPS) is 12.4. The molecule has 0 spiro atoms. The van der Waals surface area contributed by atoms with Crippen molar-refractivity contribution in [2.75, 3.05) is 0 Å². The standard InChI is InChI=1S/C10H15N7O/c1-16-5-7(3-14-16)9(11)10(18)12-4-8-13-6-17(2)15-8/h3,5-6,9H,4,11H2,1-2H3,(H,12,18). The number of hydrogen-bond acceptors (Lipinski definition) is 5. The van der Waals surface area contributed by atoms with Gasteiger partial charge in [0.25, 0.3) is 0 Å². The van der Waals surface area contributed by atoms with Gasteiger partial charge in [-0.3, -0.25) is 14.2 Å². The van der Waals surface area contributed by atoms with Crippen LogP contribution in [0.25, 0.3) is 0 Å². The number of amides is 1. The monoisotopic (exact) mass is 249 g/mol. The molecule has 2 aromatic heterocycles. The van der Waals surface area contributed by atoms with Crippen LogP contribution in [0.3, 0.4) is 0 Å². The summed E-state index contributed by atoms with van der Waals surface area (Å²) in [4.78, 5) is 15.8. The fraction of sp³-hybridized carbons (Fsp3) is 0.400. The van der Waals surface area contributed by atoms with Crippen LogP contribution in [0.2, 0.25) is 0 Å². The van der Waals surface area contributed by atoms with Crippen LogP contribution in [0.4, 0.5) is 0 Å². The minimum Gasteiger partial charge on any atom is -0.347 e. The van der Waals surface area contributed by atoms with Crippen LogP contribution < -0.4 is 11.1 Å². The van der Waals surface area contributed by atoms with Gasteiger partial charge in [0, 0.05) is 25.9 Å². The second-order valence-corrected chi connectivity index (χ2v) is 3.98. The summed E-state index contributed by atoms with van der Waals surface area (Å²) in [5.74, 6) is 0.264. The first-order valence-corrected chi connectivity index (χ1v) is 5.42. The molecule has 1 atom stereocenters. The van der Waals surface area contributed by atoms with Crippen LogP contribution in [-0.2, 0) is 25.4 Å². The summed E-state index contributed by atoms with van der Waals surface area (Å²) in [7, 11) is 3.53. The van der Waals surface area contributed by atoms with Crippen molar-refractivity contribution in [2.24, 2.45) is 19.8 Å². The molecule has 1 amide bonds. The van der Waals surface area contributed by atoms with Crippen LogP contribution in [0.5, 0.6) is 0 Å². The Morgan fingerprint density at radius 3 is 2.83 bits per heavy atom. The molecule has 3 N–H and O–H groups in total. The van der Waals surface area contributed by atoms with Gasteiger partial charge in [0.1, 0.15) is 12.4 Å². The summed E-state index contributed by atoms with van der Waals surface area (Å²) in [5.41, 5.74) is 6.48. The van der Waals surface area contributed by atoms with Gasteiger partial charge in [-0.1, -0.05) is 0 Å². The highest BCUT2D eigenvalue weighted by atomic mass is 16.2. The van der Waals surface area contributed by atoms with Crippen molar-refractivity contribution in [3.8, 4) is 0 Å². The van der Waals surface area contributed by atoms with E-state index in [0.717, 1.165) is 0 Å². The fourth-order valence-electron chi connectivity index (χ4n) is 1.49. The predicted octanol–water partition coefficient (Wildman–Crippen LogP) is -1.14. The third kappa shape index (κ3) is 2.72. The number of carbonyl (C=O) groups excluding carboxylic acids is 1. The van der Waals surface area contributed by atoms with Crippen molar-refractivity contribution < 1.29 is 4.79 Å². The maximum Gasteiger partial charge on any atom is 0.242 e. The Bertz CT molecular complexity index is 544. The van der Waals surface area contributed by atoms with E-state index in [2.05, 4.69) is 20.5 Å². The summed E-state index contributed by atoms with van der Waals surface area (Å²) in [5, 5.41) is 10.7. The number of nitrogens with two attached hydrogens (primary N) is 1. The highest BCUT2D eigenvalue weighted by Crippen LogP contribution is 2.08. The van der Waals surface area contributed by atoms with Crippen LogP contribution in [0.15, 0.2) is 18.7 Å². The largest absolute Gasteiger partial charge is 0.347 e.